The summed E-state index contributed by atoms with van der Waals surface area (Å²) in [7, 11) is 1.52. The Morgan fingerprint density at radius 3 is 2.66 bits per heavy atom. The Bertz CT molecular complexity index is 1100. The van der Waals surface area contributed by atoms with Gasteiger partial charge in [0.2, 0.25) is 0 Å². The highest BCUT2D eigenvalue weighted by molar-refractivity contribution is 6.14. The summed E-state index contributed by atoms with van der Waals surface area (Å²) in [4.78, 5) is 0. The van der Waals surface area contributed by atoms with Crippen molar-refractivity contribution in [3.8, 4) is 17.6 Å². The van der Waals surface area contributed by atoms with Crippen LogP contribution in [0.25, 0.3) is 0 Å². The summed E-state index contributed by atoms with van der Waals surface area (Å²) in [5.41, 5.74) is 11.0. The van der Waals surface area contributed by atoms with E-state index >= 15 is 0 Å². The van der Waals surface area contributed by atoms with Gasteiger partial charge in [0.25, 0.3) is 0 Å². The maximum Gasteiger partial charge on any atom is 0.120 e. The first kappa shape index (κ1) is 19.8. The maximum atomic E-state index is 9.23. The Labute approximate surface area is 169 Å². The monoisotopic (exact) mass is 387 g/mol. The molecule has 0 radical (unpaired) electrons. The quantitative estimate of drug-likeness (QED) is 0.493. The molecule has 0 fully saturated rings. The van der Waals surface area contributed by atoms with Gasteiger partial charge in [-0.15, -0.1) is 0 Å². The summed E-state index contributed by atoms with van der Waals surface area (Å²) in [5, 5.41) is 25.8. The highest BCUT2D eigenvalue weighted by atomic mass is 16.5. The van der Waals surface area contributed by atoms with E-state index in [1.165, 1.54) is 7.11 Å². The molecule has 0 amide bonds. The number of rotatable bonds is 6. The first-order valence-electron chi connectivity index (χ1n) is 8.91. The van der Waals surface area contributed by atoms with E-state index in [2.05, 4.69) is 16.3 Å². The SMILES string of the molecule is COc1cc(C#N)cc(C(=N)c2cc(OCc3c(C)cnnc3C)ccc2N)c1. The maximum absolute atomic E-state index is 9.23. The van der Waals surface area contributed by atoms with Crippen LogP contribution in [0.3, 0.4) is 0 Å². The fourth-order valence-electron chi connectivity index (χ4n) is 2.92. The van der Waals surface area contributed by atoms with Crippen LogP contribution >= 0.6 is 0 Å². The predicted molar refractivity (Wildman–Crippen MR) is 110 cm³/mol. The average Bonchev–Trinajstić information content (AvgIpc) is 2.73. The van der Waals surface area contributed by atoms with E-state index in [0.29, 0.717) is 40.5 Å². The number of nitrogens with zero attached hydrogens (tertiary/aromatic N) is 3. The second-order valence-corrected chi connectivity index (χ2v) is 6.57. The lowest BCUT2D eigenvalue weighted by Crippen LogP contribution is -2.08. The summed E-state index contributed by atoms with van der Waals surface area (Å²) in [6.45, 7) is 4.18. The molecule has 0 aliphatic carbocycles. The standard InChI is InChI=1S/C22H21N5O2/c1-13-11-26-27-14(2)20(13)12-29-17-4-5-21(24)19(9-17)22(25)16-6-15(10-23)7-18(8-16)28-3/h4-9,11,25H,12,24H2,1-3H3. The van der Waals surface area contributed by atoms with Gasteiger partial charge < -0.3 is 15.2 Å². The second kappa shape index (κ2) is 8.40. The lowest BCUT2D eigenvalue weighted by Gasteiger charge is -2.14. The second-order valence-electron chi connectivity index (χ2n) is 6.57. The van der Waals surface area contributed by atoms with Crippen molar-refractivity contribution in [2.24, 2.45) is 0 Å². The number of nitrogens with one attached hydrogen (secondary N) is 1. The van der Waals surface area contributed by atoms with Gasteiger partial charge in [-0.3, -0.25) is 5.41 Å². The molecular formula is C22H21N5O2. The molecule has 7 nitrogen and oxygen atoms in total. The molecule has 0 saturated carbocycles. The largest absolute Gasteiger partial charge is 0.497 e. The van der Waals surface area contributed by atoms with Crippen LogP contribution in [-0.2, 0) is 6.61 Å². The van der Waals surface area contributed by atoms with E-state index < -0.39 is 0 Å². The van der Waals surface area contributed by atoms with Gasteiger partial charge in [0, 0.05) is 22.4 Å². The van der Waals surface area contributed by atoms with Gasteiger partial charge in [-0.25, -0.2) is 0 Å². The summed E-state index contributed by atoms with van der Waals surface area (Å²) in [6, 6.07) is 12.2. The van der Waals surface area contributed by atoms with Crippen LogP contribution in [0.1, 0.15) is 33.5 Å². The van der Waals surface area contributed by atoms with Gasteiger partial charge >= 0.3 is 0 Å². The third-order valence-electron chi connectivity index (χ3n) is 4.61. The smallest absolute Gasteiger partial charge is 0.120 e. The van der Waals surface area contributed by atoms with Crippen LogP contribution < -0.4 is 15.2 Å². The van der Waals surface area contributed by atoms with Crippen molar-refractivity contribution < 1.29 is 9.47 Å². The number of ether oxygens (including phenoxy) is 2. The molecule has 3 rings (SSSR count). The number of methoxy groups -OCH3 is 1. The number of anilines is 1. The van der Waals surface area contributed by atoms with Gasteiger partial charge in [-0.2, -0.15) is 15.5 Å². The molecule has 7 heteroatoms. The molecule has 3 N–H and O–H groups in total. The lowest BCUT2D eigenvalue weighted by molar-refractivity contribution is 0.303. The summed E-state index contributed by atoms with van der Waals surface area (Å²) in [6.07, 6.45) is 1.70. The third-order valence-corrected chi connectivity index (χ3v) is 4.61. The molecule has 1 heterocycles. The number of aryl methyl sites for hydroxylation is 2. The van der Waals surface area contributed by atoms with Crippen LogP contribution in [0.5, 0.6) is 11.5 Å². The van der Waals surface area contributed by atoms with Crippen LogP contribution in [0.2, 0.25) is 0 Å². The Balaban J connectivity index is 1.89. The van der Waals surface area contributed by atoms with Gasteiger partial charge in [0.1, 0.15) is 18.1 Å². The number of hydrogen-bond donors (Lipinski definition) is 2. The van der Waals surface area contributed by atoms with E-state index in [1.54, 1.807) is 42.6 Å². The molecule has 0 bridgehead atoms. The van der Waals surface area contributed by atoms with Gasteiger partial charge in [-0.05, 0) is 55.8 Å². The summed E-state index contributed by atoms with van der Waals surface area (Å²) < 4.78 is 11.2. The van der Waals surface area contributed by atoms with Crippen LogP contribution in [0, 0.1) is 30.6 Å². The number of benzene rings is 2. The first-order chi connectivity index (χ1) is 13.9. The van der Waals surface area contributed by atoms with Crippen molar-refractivity contribution in [2.45, 2.75) is 20.5 Å². The van der Waals surface area contributed by atoms with Crippen LogP contribution in [0.15, 0.2) is 42.6 Å². The Morgan fingerprint density at radius 1 is 1.17 bits per heavy atom. The number of nitrogen functional groups attached to an aromatic ring is 1. The molecule has 0 spiro atoms. The Hall–Kier alpha value is -3.92. The highest BCUT2D eigenvalue weighted by Gasteiger charge is 2.13. The van der Waals surface area contributed by atoms with Crippen molar-refractivity contribution in [1.82, 2.24) is 10.2 Å². The minimum Gasteiger partial charge on any atom is -0.497 e. The molecule has 2 aromatic carbocycles. The molecule has 0 aliphatic rings. The third kappa shape index (κ3) is 4.33. The topological polar surface area (TPSA) is 118 Å². The minimum atomic E-state index is 0.182. The van der Waals surface area contributed by atoms with Gasteiger partial charge in [0.15, 0.2) is 0 Å². The number of nitrogens with two attached hydrogens (primary N) is 1. The van der Waals surface area contributed by atoms with E-state index in [1.807, 2.05) is 13.8 Å². The fraction of sp³-hybridized carbons (Fsp3) is 0.182. The van der Waals surface area contributed by atoms with Crippen molar-refractivity contribution in [3.05, 3.63) is 76.1 Å². The van der Waals surface area contributed by atoms with E-state index in [4.69, 9.17) is 20.6 Å². The van der Waals surface area contributed by atoms with Gasteiger partial charge in [-0.1, -0.05) is 0 Å². The van der Waals surface area contributed by atoms with Gasteiger partial charge in [0.05, 0.1) is 36.3 Å². The number of hydrogen-bond acceptors (Lipinski definition) is 7. The minimum absolute atomic E-state index is 0.182. The molecule has 1 aromatic heterocycles. The summed E-state index contributed by atoms with van der Waals surface area (Å²) >= 11 is 0. The zero-order valence-corrected chi connectivity index (χ0v) is 16.5. The summed E-state index contributed by atoms with van der Waals surface area (Å²) in [5.74, 6) is 1.09. The fourth-order valence-corrected chi connectivity index (χ4v) is 2.92. The van der Waals surface area contributed by atoms with Crippen molar-refractivity contribution >= 4 is 11.4 Å². The Kier molecular flexibility index (Phi) is 5.74. The molecule has 146 valence electrons. The zero-order valence-electron chi connectivity index (χ0n) is 16.5. The Morgan fingerprint density at radius 2 is 1.97 bits per heavy atom. The first-order valence-corrected chi connectivity index (χ1v) is 8.91. The van der Waals surface area contributed by atoms with Crippen molar-refractivity contribution in [2.75, 3.05) is 12.8 Å². The molecule has 0 unspecified atom stereocenters. The molecule has 0 atom stereocenters. The van der Waals surface area contributed by atoms with Crippen LogP contribution in [0.4, 0.5) is 5.69 Å². The average molecular weight is 387 g/mol. The van der Waals surface area contributed by atoms with E-state index in [-0.39, 0.29) is 5.71 Å². The van der Waals surface area contributed by atoms with Crippen molar-refractivity contribution in [3.63, 3.8) is 0 Å². The molecular weight excluding hydrogens is 366 g/mol. The number of aromatic nitrogens is 2. The normalized spacial score (nSPS) is 10.3. The highest BCUT2D eigenvalue weighted by Crippen LogP contribution is 2.26. The number of nitriles is 1. The van der Waals surface area contributed by atoms with E-state index in [9.17, 15) is 5.26 Å². The van der Waals surface area contributed by atoms with Crippen LogP contribution in [-0.4, -0.2) is 23.0 Å². The molecule has 0 aliphatic heterocycles. The van der Waals surface area contributed by atoms with Crippen molar-refractivity contribution in [1.29, 1.82) is 10.7 Å². The molecule has 0 saturated heterocycles. The molecule has 3 aromatic rings. The van der Waals surface area contributed by atoms with E-state index in [0.717, 1.165) is 16.8 Å². The lowest BCUT2D eigenvalue weighted by atomic mass is 9.99. The predicted octanol–water partition coefficient (Wildman–Crippen LogP) is 3.55. The molecule has 29 heavy (non-hydrogen) atoms. The zero-order chi connectivity index (χ0) is 21.0.